The van der Waals surface area contributed by atoms with Crippen molar-refractivity contribution in [2.24, 2.45) is 0 Å². The second kappa shape index (κ2) is 2.57. The van der Waals surface area contributed by atoms with Crippen molar-refractivity contribution < 1.29 is 0 Å². The number of fused-ring (bicyclic) bond motifs is 1. The van der Waals surface area contributed by atoms with Crippen LogP contribution in [0.2, 0.25) is 0 Å². The number of rotatable bonds is 0. The molecule has 0 unspecified atom stereocenters. The van der Waals surface area contributed by atoms with Gasteiger partial charge in [0.15, 0.2) is 5.65 Å². The summed E-state index contributed by atoms with van der Waals surface area (Å²) in [7, 11) is 0. The molecule has 0 N–H and O–H groups in total. The van der Waals surface area contributed by atoms with E-state index in [-0.39, 0.29) is 0 Å². The van der Waals surface area contributed by atoms with Crippen molar-refractivity contribution in [3.05, 3.63) is 27.8 Å². The first-order chi connectivity index (χ1) is 5.27. The summed E-state index contributed by atoms with van der Waals surface area (Å²) in [5, 5.41) is 0. The average molecular weight is 277 g/mol. The van der Waals surface area contributed by atoms with E-state index in [0.717, 1.165) is 14.9 Å². The SMILES string of the molecule is Brc1cn2ccnc(Br)c2n1. The largest absolute Gasteiger partial charge is 0.302 e. The van der Waals surface area contributed by atoms with E-state index in [1.807, 2.05) is 16.8 Å². The molecular formula is C6H3Br2N3. The van der Waals surface area contributed by atoms with Crippen LogP contribution in [0.15, 0.2) is 27.8 Å². The Morgan fingerprint density at radius 3 is 2.91 bits per heavy atom. The smallest absolute Gasteiger partial charge is 0.171 e. The van der Waals surface area contributed by atoms with Gasteiger partial charge in [-0.2, -0.15) is 0 Å². The maximum Gasteiger partial charge on any atom is 0.171 e. The van der Waals surface area contributed by atoms with Crippen molar-refractivity contribution in [2.75, 3.05) is 0 Å². The lowest BCUT2D eigenvalue weighted by molar-refractivity contribution is 1.11. The van der Waals surface area contributed by atoms with Gasteiger partial charge in [0.05, 0.1) is 0 Å². The molecule has 2 aromatic heterocycles. The first-order valence-electron chi connectivity index (χ1n) is 2.92. The summed E-state index contributed by atoms with van der Waals surface area (Å²) in [5.74, 6) is 0. The van der Waals surface area contributed by atoms with Crippen LogP contribution >= 0.6 is 31.9 Å². The van der Waals surface area contributed by atoms with Crippen molar-refractivity contribution in [2.45, 2.75) is 0 Å². The highest BCUT2D eigenvalue weighted by molar-refractivity contribution is 9.10. The zero-order valence-corrected chi connectivity index (χ0v) is 8.50. The second-order valence-corrected chi connectivity index (χ2v) is 3.58. The number of halogens is 2. The summed E-state index contributed by atoms with van der Waals surface area (Å²) in [6.07, 6.45) is 5.44. The summed E-state index contributed by atoms with van der Waals surface area (Å²) < 4.78 is 3.46. The molecule has 0 aliphatic carbocycles. The Morgan fingerprint density at radius 2 is 2.18 bits per heavy atom. The van der Waals surface area contributed by atoms with Gasteiger partial charge in [0.2, 0.25) is 0 Å². The van der Waals surface area contributed by atoms with Crippen LogP contribution in [0.3, 0.4) is 0 Å². The lowest BCUT2D eigenvalue weighted by Crippen LogP contribution is -1.85. The van der Waals surface area contributed by atoms with E-state index in [2.05, 4.69) is 41.8 Å². The van der Waals surface area contributed by atoms with Crippen molar-refractivity contribution in [3.63, 3.8) is 0 Å². The molecule has 2 heterocycles. The predicted octanol–water partition coefficient (Wildman–Crippen LogP) is 2.25. The number of aromatic nitrogens is 3. The third-order valence-corrected chi connectivity index (χ3v) is 2.24. The van der Waals surface area contributed by atoms with Crippen LogP contribution in [0.5, 0.6) is 0 Å². The molecule has 2 aromatic rings. The molecule has 0 aliphatic rings. The zero-order chi connectivity index (χ0) is 7.84. The van der Waals surface area contributed by atoms with E-state index in [0.29, 0.717) is 0 Å². The molecule has 56 valence electrons. The van der Waals surface area contributed by atoms with Crippen LogP contribution in [0, 0.1) is 0 Å². The molecule has 2 rings (SSSR count). The van der Waals surface area contributed by atoms with Crippen LogP contribution in [0.4, 0.5) is 0 Å². The fraction of sp³-hybridized carbons (Fsp3) is 0. The normalized spacial score (nSPS) is 10.7. The zero-order valence-electron chi connectivity index (χ0n) is 5.33. The summed E-state index contributed by atoms with van der Waals surface area (Å²) >= 11 is 6.57. The Balaban J connectivity index is 2.90. The minimum Gasteiger partial charge on any atom is -0.302 e. The minimum atomic E-state index is 0.755. The monoisotopic (exact) mass is 275 g/mol. The first kappa shape index (κ1) is 7.24. The fourth-order valence-electron chi connectivity index (χ4n) is 0.858. The van der Waals surface area contributed by atoms with Gasteiger partial charge in [0.1, 0.15) is 9.21 Å². The minimum absolute atomic E-state index is 0.755. The molecule has 0 saturated carbocycles. The first-order valence-corrected chi connectivity index (χ1v) is 4.50. The van der Waals surface area contributed by atoms with Gasteiger partial charge < -0.3 is 4.40 Å². The van der Waals surface area contributed by atoms with E-state index in [1.165, 1.54) is 0 Å². The molecule has 0 amide bonds. The van der Waals surface area contributed by atoms with Crippen LogP contribution < -0.4 is 0 Å². The molecule has 0 spiro atoms. The fourth-order valence-corrected chi connectivity index (χ4v) is 1.66. The van der Waals surface area contributed by atoms with Gasteiger partial charge in [0.25, 0.3) is 0 Å². The molecular weight excluding hydrogens is 274 g/mol. The highest BCUT2D eigenvalue weighted by Gasteiger charge is 2.01. The van der Waals surface area contributed by atoms with Gasteiger partial charge in [-0.25, -0.2) is 9.97 Å². The van der Waals surface area contributed by atoms with E-state index in [1.54, 1.807) is 6.20 Å². The predicted molar refractivity (Wildman–Crippen MR) is 48.4 cm³/mol. The lowest BCUT2D eigenvalue weighted by atomic mass is 10.7. The Bertz CT molecular complexity index is 396. The number of hydrogen-bond acceptors (Lipinski definition) is 2. The van der Waals surface area contributed by atoms with Crippen molar-refractivity contribution >= 4 is 37.5 Å². The van der Waals surface area contributed by atoms with Gasteiger partial charge in [-0.3, -0.25) is 0 Å². The molecule has 0 fully saturated rings. The van der Waals surface area contributed by atoms with Crippen LogP contribution in [-0.4, -0.2) is 14.4 Å². The Labute approximate surface area is 79.7 Å². The Kier molecular flexibility index (Phi) is 1.69. The van der Waals surface area contributed by atoms with Crippen LogP contribution in [0.25, 0.3) is 5.65 Å². The molecule has 3 nitrogen and oxygen atoms in total. The quantitative estimate of drug-likeness (QED) is 0.739. The van der Waals surface area contributed by atoms with Gasteiger partial charge in [-0.1, -0.05) is 0 Å². The van der Waals surface area contributed by atoms with E-state index >= 15 is 0 Å². The van der Waals surface area contributed by atoms with Gasteiger partial charge >= 0.3 is 0 Å². The van der Waals surface area contributed by atoms with E-state index in [9.17, 15) is 0 Å². The maximum atomic E-state index is 4.18. The average Bonchev–Trinajstić information content (AvgIpc) is 2.31. The molecule has 0 bridgehead atoms. The van der Waals surface area contributed by atoms with Gasteiger partial charge in [0, 0.05) is 18.6 Å². The van der Waals surface area contributed by atoms with Crippen molar-refractivity contribution in [1.29, 1.82) is 0 Å². The van der Waals surface area contributed by atoms with Crippen molar-refractivity contribution in [3.8, 4) is 0 Å². The van der Waals surface area contributed by atoms with E-state index < -0.39 is 0 Å². The highest BCUT2D eigenvalue weighted by Crippen LogP contribution is 2.16. The summed E-state index contributed by atoms with van der Waals surface area (Å²) in [6, 6.07) is 0. The lowest BCUT2D eigenvalue weighted by Gasteiger charge is -1.91. The van der Waals surface area contributed by atoms with Crippen LogP contribution in [-0.2, 0) is 0 Å². The summed E-state index contributed by atoms with van der Waals surface area (Å²) in [5.41, 5.74) is 0.819. The highest BCUT2D eigenvalue weighted by atomic mass is 79.9. The standard InChI is InChI=1S/C6H3Br2N3/c7-4-3-11-2-1-9-5(8)6(11)10-4/h1-3H. The Hall–Kier alpha value is -0.420. The number of nitrogens with zero attached hydrogens (tertiary/aromatic N) is 3. The third kappa shape index (κ3) is 1.18. The molecule has 11 heavy (non-hydrogen) atoms. The number of hydrogen-bond donors (Lipinski definition) is 0. The Morgan fingerprint density at radius 1 is 1.36 bits per heavy atom. The molecule has 0 saturated heterocycles. The topological polar surface area (TPSA) is 30.2 Å². The summed E-state index contributed by atoms with van der Waals surface area (Å²) in [6.45, 7) is 0. The maximum absolute atomic E-state index is 4.18. The van der Waals surface area contributed by atoms with Gasteiger partial charge in [-0.05, 0) is 31.9 Å². The summed E-state index contributed by atoms with van der Waals surface area (Å²) in [4.78, 5) is 8.22. The third-order valence-electron chi connectivity index (χ3n) is 1.30. The number of imidazole rings is 1. The van der Waals surface area contributed by atoms with Gasteiger partial charge in [-0.15, -0.1) is 0 Å². The molecule has 5 heteroatoms. The molecule has 0 aliphatic heterocycles. The second-order valence-electron chi connectivity index (χ2n) is 2.01. The van der Waals surface area contributed by atoms with Crippen LogP contribution in [0.1, 0.15) is 0 Å². The molecule has 0 radical (unpaired) electrons. The van der Waals surface area contributed by atoms with Crippen molar-refractivity contribution in [1.82, 2.24) is 14.4 Å². The van der Waals surface area contributed by atoms with E-state index in [4.69, 9.17) is 0 Å². The molecule has 0 aromatic carbocycles. The molecule has 0 atom stereocenters.